The van der Waals surface area contributed by atoms with E-state index in [0.717, 1.165) is 49.0 Å². The number of nitrogens with zero attached hydrogens (tertiary/aromatic N) is 3. The van der Waals surface area contributed by atoms with Crippen molar-refractivity contribution in [3.05, 3.63) is 70.7 Å². The predicted molar refractivity (Wildman–Crippen MR) is 130 cm³/mol. The van der Waals surface area contributed by atoms with Crippen LogP contribution in [0.15, 0.2) is 53.9 Å². The lowest BCUT2D eigenvalue weighted by Crippen LogP contribution is -2.43. The van der Waals surface area contributed by atoms with Crippen LogP contribution in [0.1, 0.15) is 21.6 Å². The van der Waals surface area contributed by atoms with Crippen LogP contribution in [0.2, 0.25) is 0 Å². The number of esters is 1. The van der Waals surface area contributed by atoms with Crippen molar-refractivity contribution in [3.63, 3.8) is 0 Å². The molecule has 7 nitrogen and oxygen atoms in total. The van der Waals surface area contributed by atoms with E-state index >= 15 is 0 Å². The lowest BCUT2D eigenvalue weighted by molar-refractivity contribution is -0.115. The van der Waals surface area contributed by atoms with Crippen molar-refractivity contribution in [2.75, 3.05) is 45.7 Å². The maximum absolute atomic E-state index is 12.5. The third kappa shape index (κ3) is 6.25. The molecule has 0 radical (unpaired) electrons. The molecule has 1 amide bonds. The number of amides is 1. The molecule has 2 heterocycles. The Hall–Kier alpha value is -3.07. The summed E-state index contributed by atoms with van der Waals surface area (Å²) in [5.74, 6) is -0.622. The van der Waals surface area contributed by atoms with Crippen molar-refractivity contribution < 1.29 is 14.3 Å². The number of likely N-dealkylation sites (N-methyl/N-ethyl adjacent to an activating group) is 1. The van der Waals surface area contributed by atoms with Crippen LogP contribution in [-0.4, -0.2) is 67.0 Å². The van der Waals surface area contributed by atoms with Gasteiger partial charge in [0.2, 0.25) is 5.91 Å². The molecule has 1 aliphatic rings. The molecule has 0 aliphatic carbocycles. The van der Waals surface area contributed by atoms with E-state index in [9.17, 15) is 9.59 Å². The number of anilines is 1. The average Bonchev–Trinajstić information content (AvgIpc) is 3.29. The smallest absolute Gasteiger partial charge is 0.337 e. The molecule has 1 fully saturated rings. The molecule has 0 saturated carbocycles. The van der Waals surface area contributed by atoms with E-state index in [0.29, 0.717) is 11.3 Å². The summed E-state index contributed by atoms with van der Waals surface area (Å²) in [5.41, 5.74) is 4.01. The van der Waals surface area contributed by atoms with Crippen LogP contribution < -0.4 is 5.32 Å². The number of thiazole rings is 1. The van der Waals surface area contributed by atoms with E-state index in [1.54, 1.807) is 35.6 Å². The van der Waals surface area contributed by atoms with Crippen molar-refractivity contribution in [3.8, 4) is 10.6 Å². The Labute approximate surface area is 198 Å². The quantitative estimate of drug-likeness (QED) is 0.540. The standard InChI is InChI=1S/C25H28N4O3S/c1-28-9-11-29(12-10-28)16-18-5-3-6-19(13-18)24-27-22(17-33-24)15-23(30)26-21-8-4-7-20(14-21)25(31)32-2/h3-8,13-14,17H,9-12,15-16H2,1-2H3,(H,26,30). The maximum Gasteiger partial charge on any atom is 0.337 e. The van der Waals surface area contributed by atoms with Gasteiger partial charge in [0, 0.05) is 49.4 Å². The summed E-state index contributed by atoms with van der Waals surface area (Å²) in [7, 11) is 3.49. The summed E-state index contributed by atoms with van der Waals surface area (Å²) in [6, 6.07) is 15.2. The molecule has 1 aromatic heterocycles. The zero-order chi connectivity index (χ0) is 23.2. The molecule has 0 spiro atoms. The van der Waals surface area contributed by atoms with Crippen molar-refractivity contribution in [1.82, 2.24) is 14.8 Å². The van der Waals surface area contributed by atoms with Crippen LogP contribution in [0.4, 0.5) is 5.69 Å². The Balaban J connectivity index is 1.37. The van der Waals surface area contributed by atoms with E-state index in [1.165, 1.54) is 12.7 Å². The summed E-state index contributed by atoms with van der Waals surface area (Å²) in [6.45, 7) is 5.31. The number of ether oxygens (including phenoxy) is 1. The molecule has 1 aliphatic heterocycles. The number of aromatic nitrogens is 1. The van der Waals surface area contributed by atoms with Gasteiger partial charge in [-0.15, -0.1) is 11.3 Å². The molecule has 0 bridgehead atoms. The lowest BCUT2D eigenvalue weighted by atomic mass is 10.1. The molecule has 0 atom stereocenters. The fourth-order valence-electron chi connectivity index (χ4n) is 3.80. The molecular weight excluding hydrogens is 436 g/mol. The zero-order valence-electron chi connectivity index (χ0n) is 18.9. The summed E-state index contributed by atoms with van der Waals surface area (Å²) in [6.07, 6.45) is 0.167. The van der Waals surface area contributed by atoms with Crippen molar-refractivity contribution in [2.45, 2.75) is 13.0 Å². The first kappa shape index (κ1) is 23.1. The van der Waals surface area contributed by atoms with Crippen LogP contribution in [-0.2, 0) is 22.5 Å². The van der Waals surface area contributed by atoms with E-state index in [2.05, 4.69) is 51.4 Å². The molecule has 1 N–H and O–H groups in total. The second kappa shape index (κ2) is 10.7. The molecular formula is C25H28N4O3S. The molecule has 8 heteroatoms. The van der Waals surface area contributed by atoms with Crippen LogP contribution in [0.25, 0.3) is 10.6 Å². The minimum absolute atomic E-state index is 0.167. The van der Waals surface area contributed by atoms with E-state index in [4.69, 9.17) is 4.74 Å². The summed E-state index contributed by atoms with van der Waals surface area (Å²) >= 11 is 1.54. The second-order valence-electron chi connectivity index (χ2n) is 8.22. The van der Waals surface area contributed by atoms with Crippen molar-refractivity contribution in [1.29, 1.82) is 0 Å². The molecule has 3 aromatic rings. The average molecular weight is 465 g/mol. The van der Waals surface area contributed by atoms with Gasteiger partial charge in [-0.2, -0.15) is 0 Å². The zero-order valence-corrected chi connectivity index (χ0v) is 19.7. The Morgan fingerprint density at radius 1 is 1.09 bits per heavy atom. The molecule has 2 aromatic carbocycles. The number of methoxy groups -OCH3 is 1. The summed E-state index contributed by atoms with van der Waals surface area (Å²) in [5, 5.41) is 5.66. The summed E-state index contributed by atoms with van der Waals surface area (Å²) in [4.78, 5) is 33.7. The minimum Gasteiger partial charge on any atom is -0.465 e. The van der Waals surface area contributed by atoms with Gasteiger partial charge in [0.1, 0.15) is 5.01 Å². The number of carbonyl (C=O) groups excluding carboxylic acids is 2. The van der Waals surface area contributed by atoms with Gasteiger partial charge >= 0.3 is 5.97 Å². The highest BCUT2D eigenvalue weighted by Gasteiger charge is 2.15. The van der Waals surface area contributed by atoms with Gasteiger partial charge in [-0.3, -0.25) is 9.69 Å². The number of benzene rings is 2. The van der Waals surface area contributed by atoms with Gasteiger partial charge in [0.05, 0.1) is 24.8 Å². The highest BCUT2D eigenvalue weighted by Crippen LogP contribution is 2.25. The van der Waals surface area contributed by atoms with Gasteiger partial charge < -0.3 is 15.0 Å². The minimum atomic E-state index is -0.440. The molecule has 172 valence electrons. The van der Waals surface area contributed by atoms with Gasteiger partial charge in [-0.25, -0.2) is 9.78 Å². The van der Waals surface area contributed by atoms with Crippen LogP contribution >= 0.6 is 11.3 Å². The first-order chi connectivity index (χ1) is 16.0. The number of hydrogen-bond acceptors (Lipinski definition) is 7. The Kier molecular flexibility index (Phi) is 7.49. The third-order valence-electron chi connectivity index (χ3n) is 5.64. The highest BCUT2D eigenvalue weighted by atomic mass is 32.1. The number of piperazine rings is 1. The molecule has 1 saturated heterocycles. The van der Waals surface area contributed by atoms with E-state index in [-0.39, 0.29) is 12.3 Å². The largest absolute Gasteiger partial charge is 0.465 e. The summed E-state index contributed by atoms with van der Waals surface area (Å²) < 4.78 is 4.73. The number of carbonyl (C=O) groups is 2. The fourth-order valence-corrected chi connectivity index (χ4v) is 4.62. The Morgan fingerprint density at radius 3 is 2.67 bits per heavy atom. The first-order valence-electron chi connectivity index (χ1n) is 10.9. The first-order valence-corrected chi connectivity index (χ1v) is 11.8. The predicted octanol–water partition coefficient (Wildman–Crippen LogP) is 3.53. The maximum atomic E-state index is 12.5. The number of rotatable bonds is 7. The van der Waals surface area contributed by atoms with Crippen molar-refractivity contribution >= 4 is 28.9 Å². The number of nitrogens with one attached hydrogen (secondary N) is 1. The van der Waals surface area contributed by atoms with Crippen molar-refractivity contribution in [2.24, 2.45) is 0 Å². The normalized spacial score (nSPS) is 14.7. The fraction of sp³-hybridized carbons (Fsp3) is 0.320. The molecule has 4 rings (SSSR count). The van der Waals surface area contributed by atoms with Crippen LogP contribution in [0.3, 0.4) is 0 Å². The van der Waals surface area contributed by atoms with Gasteiger partial charge in [-0.05, 0) is 36.9 Å². The topological polar surface area (TPSA) is 74.8 Å². The molecule has 33 heavy (non-hydrogen) atoms. The molecule has 0 unspecified atom stereocenters. The Bertz CT molecular complexity index is 1120. The van der Waals surface area contributed by atoms with E-state index < -0.39 is 5.97 Å². The van der Waals surface area contributed by atoms with Crippen LogP contribution in [0, 0.1) is 0 Å². The van der Waals surface area contributed by atoms with Gasteiger partial charge in [0.25, 0.3) is 0 Å². The third-order valence-corrected chi connectivity index (χ3v) is 6.58. The monoisotopic (exact) mass is 464 g/mol. The van der Waals surface area contributed by atoms with Crippen LogP contribution in [0.5, 0.6) is 0 Å². The SMILES string of the molecule is COC(=O)c1cccc(NC(=O)Cc2csc(-c3cccc(CN4CCN(C)CC4)c3)n2)c1. The lowest BCUT2D eigenvalue weighted by Gasteiger charge is -2.32. The van der Waals surface area contributed by atoms with Gasteiger partial charge in [-0.1, -0.05) is 24.3 Å². The number of hydrogen-bond donors (Lipinski definition) is 1. The van der Waals surface area contributed by atoms with E-state index in [1.807, 2.05) is 5.38 Å². The van der Waals surface area contributed by atoms with Gasteiger partial charge in [0.15, 0.2) is 0 Å². The second-order valence-corrected chi connectivity index (χ2v) is 9.08. The Morgan fingerprint density at radius 2 is 1.88 bits per heavy atom. The highest BCUT2D eigenvalue weighted by molar-refractivity contribution is 7.13.